The van der Waals surface area contributed by atoms with Crippen molar-refractivity contribution in [3.05, 3.63) is 52.3 Å². The minimum atomic E-state index is -0.684. The van der Waals surface area contributed by atoms with E-state index in [1.165, 1.54) is 0 Å². The second-order valence-electron chi connectivity index (χ2n) is 4.71. The molecule has 2 rings (SSSR count). The molecule has 1 heterocycles. The number of carbonyl (C=O) groups is 1. The maximum absolute atomic E-state index is 12.3. The molecule has 0 aliphatic rings. The number of benzene rings is 1. The third-order valence-electron chi connectivity index (χ3n) is 3.09. The standard InChI is InChI=1S/C14H17BrN4O/c1-18(8-10-5-3-4-6-12(10)15)14(20)13(16)11-7-17-19(2)9-11/h3-7,9,13H,8,16H2,1-2H3. The lowest BCUT2D eigenvalue weighted by atomic mass is 10.1. The average Bonchev–Trinajstić information content (AvgIpc) is 2.86. The van der Waals surface area contributed by atoms with Crippen LogP contribution in [0.25, 0.3) is 0 Å². The van der Waals surface area contributed by atoms with E-state index in [1.54, 1.807) is 36.1 Å². The van der Waals surface area contributed by atoms with Gasteiger partial charge in [-0.05, 0) is 11.6 Å². The largest absolute Gasteiger partial charge is 0.340 e. The van der Waals surface area contributed by atoms with Gasteiger partial charge in [-0.2, -0.15) is 5.10 Å². The second kappa shape index (κ2) is 6.19. The van der Waals surface area contributed by atoms with Crippen molar-refractivity contribution in [1.82, 2.24) is 14.7 Å². The number of nitrogens with zero attached hydrogens (tertiary/aromatic N) is 3. The summed E-state index contributed by atoms with van der Waals surface area (Å²) in [5, 5.41) is 4.04. The van der Waals surface area contributed by atoms with Crippen LogP contribution in [0.15, 0.2) is 41.1 Å². The van der Waals surface area contributed by atoms with Crippen molar-refractivity contribution in [2.24, 2.45) is 12.8 Å². The van der Waals surface area contributed by atoms with Gasteiger partial charge in [0, 0.05) is 36.9 Å². The number of hydrogen-bond acceptors (Lipinski definition) is 3. The van der Waals surface area contributed by atoms with Gasteiger partial charge in [0.15, 0.2) is 0 Å². The molecule has 2 aromatic rings. The number of aryl methyl sites for hydroxylation is 1. The second-order valence-corrected chi connectivity index (χ2v) is 5.57. The molecule has 0 saturated heterocycles. The van der Waals surface area contributed by atoms with Crippen molar-refractivity contribution in [2.75, 3.05) is 7.05 Å². The van der Waals surface area contributed by atoms with Crippen molar-refractivity contribution in [1.29, 1.82) is 0 Å². The van der Waals surface area contributed by atoms with Crippen molar-refractivity contribution < 1.29 is 4.79 Å². The molecule has 6 heteroatoms. The van der Waals surface area contributed by atoms with Crippen molar-refractivity contribution in [3.63, 3.8) is 0 Å². The van der Waals surface area contributed by atoms with Crippen molar-refractivity contribution in [3.8, 4) is 0 Å². The first kappa shape index (κ1) is 14.7. The van der Waals surface area contributed by atoms with Crippen molar-refractivity contribution in [2.45, 2.75) is 12.6 Å². The van der Waals surface area contributed by atoms with E-state index in [0.717, 1.165) is 15.6 Å². The van der Waals surface area contributed by atoms with Crippen LogP contribution >= 0.6 is 15.9 Å². The van der Waals surface area contributed by atoms with Gasteiger partial charge in [-0.1, -0.05) is 34.1 Å². The number of carbonyl (C=O) groups excluding carboxylic acids is 1. The summed E-state index contributed by atoms with van der Waals surface area (Å²) in [4.78, 5) is 13.9. The first-order valence-corrected chi connectivity index (χ1v) is 7.01. The average molecular weight is 337 g/mol. The molecule has 0 saturated carbocycles. The number of hydrogen-bond donors (Lipinski definition) is 1. The Morgan fingerprint density at radius 2 is 2.20 bits per heavy atom. The van der Waals surface area contributed by atoms with Crippen LogP contribution in [0.2, 0.25) is 0 Å². The molecule has 1 atom stereocenters. The fourth-order valence-electron chi connectivity index (χ4n) is 1.94. The number of aromatic nitrogens is 2. The zero-order chi connectivity index (χ0) is 14.7. The monoisotopic (exact) mass is 336 g/mol. The minimum absolute atomic E-state index is 0.131. The van der Waals surface area contributed by atoms with E-state index in [2.05, 4.69) is 21.0 Å². The van der Waals surface area contributed by atoms with Crippen LogP contribution in [-0.4, -0.2) is 27.6 Å². The first-order chi connectivity index (χ1) is 9.49. The van der Waals surface area contributed by atoms with Crippen LogP contribution in [0, 0.1) is 0 Å². The van der Waals surface area contributed by atoms with Crippen LogP contribution in [0.3, 0.4) is 0 Å². The number of halogens is 1. The lowest BCUT2D eigenvalue weighted by Crippen LogP contribution is -2.35. The lowest BCUT2D eigenvalue weighted by molar-refractivity contribution is -0.132. The van der Waals surface area contributed by atoms with Crippen LogP contribution in [-0.2, 0) is 18.4 Å². The van der Waals surface area contributed by atoms with E-state index in [1.807, 2.05) is 24.3 Å². The molecule has 1 aromatic heterocycles. The van der Waals surface area contributed by atoms with Gasteiger partial charge >= 0.3 is 0 Å². The molecule has 1 amide bonds. The summed E-state index contributed by atoms with van der Waals surface area (Å²) in [6.07, 6.45) is 3.38. The maximum atomic E-state index is 12.3. The van der Waals surface area contributed by atoms with Gasteiger partial charge in [0.05, 0.1) is 6.20 Å². The molecule has 2 N–H and O–H groups in total. The molecule has 1 aromatic carbocycles. The van der Waals surface area contributed by atoms with Gasteiger partial charge in [0.1, 0.15) is 6.04 Å². The van der Waals surface area contributed by atoms with Gasteiger partial charge in [-0.25, -0.2) is 0 Å². The van der Waals surface area contributed by atoms with E-state index >= 15 is 0 Å². The Morgan fingerprint density at radius 1 is 1.50 bits per heavy atom. The fourth-order valence-corrected chi connectivity index (χ4v) is 2.35. The molecular formula is C14H17BrN4O. The SMILES string of the molecule is CN(Cc1ccccc1Br)C(=O)C(N)c1cnn(C)c1. The smallest absolute Gasteiger partial charge is 0.244 e. The molecule has 0 aliphatic carbocycles. The Bertz CT molecular complexity index is 611. The summed E-state index contributed by atoms with van der Waals surface area (Å²) >= 11 is 3.48. The van der Waals surface area contributed by atoms with Crippen LogP contribution in [0.4, 0.5) is 0 Å². The highest BCUT2D eigenvalue weighted by molar-refractivity contribution is 9.10. The Kier molecular flexibility index (Phi) is 4.57. The summed E-state index contributed by atoms with van der Waals surface area (Å²) in [6, 6.07) is 7.13. The third-order valence-corrected chi connectivity index (χ3v) is 3.87. The molecule has 1 unspecified atom stereocenters. The highest BCUT2D eigenvalue weighted by atomic mass is 79.9. The van der Waals surface area contributed by atoms with Crippen LogP contribution < -0.4 is 5.73 Å². The molecule has 0 spiro atoms. The molecule has 0 aliphatic heterocycles. The molecule has 0 radical (unpaired) electrons. The van der Waals surface area contributed by atoms with Gasteiger partial charge < -0.3 is 10.6 Å². The summed E-state index contributed by atoms with van der Waals surface area (Å²) in [7, 11) is 3.55. The van der Waals surface area contributed by atoms with Crippen molar-refractivity contribution >= 4 is 21.8 Å². The molecule has 20 heavy (non-hydrogen) atoms. The summed E-state index contributed by atoms with van der Waals surface area (Å²) in [5.41, 5.74) is 7.75. The van der Waals surface area contributed by atoms with Crippen LogP contribution in [0.1, 0.15) is 17.2 Å². The Labute approximate surface area is 126 Å². The third kappa shape index (κ3) is 3.26. The fraction of sp³-hybridized carbons (Fsp3) is 0.286. The quantitative estimate of drug-likeness (QED) is 0.926. The predicted molar refractivity (Wildman–Crippen MR) is 80.8 cm³/mol. The van der Waals surface area contributed by atoms with Gasteiger partial charge in [0.25, 0.3) is 0 Å². The normalized spacial score (nSPS) is 12.2. The highest BCUT2D eigenvalue weighted by Gasteiger charge is 2.21. The Morgan fingerprint density at radius 3 is 2.80 bits per heavy atom. The highest BCUT2D eigenvalue weighted by Crippen LogP contribution is 2.19. The van der Waals surface area contributed by atoms with E-state index in [0.29, 0.717) is 6.54 Å². The zero-order valence-electron chi connectivity index (χ0n) is 11.5. The molecule has 5 nitrogen and oxygen atoms in total. The van der Waals surface area contributed by atoms with E-state index < -0.39 is 6.04 Å². The number of rotatable bonds is 4. The number of nitrogens with two attached hydrogens (primary N) is 1. The van der Waals surface area contributed by atoms with Crippen LogP contribution in [0.5, 0.6) is 0 Å². The number of amides is 1. The lowest BCUT2D eigenvalue weighted by Gasteiger charge is -2.21. The summed E-state index contributed by atoms with van der Waals surface area (Å²) in [6.45, 7) is 0.508. The topological polar surface area (TPSA) is 64.2 Å². The Balaban J connectivity index is 2.07. The van der Waals surface area contributed by atoms with E-state index in [9.17, 15) is 4.79 Å². The van der Waals surface area contributed by atoms with Gasteiger partial charge in [-0.3, -0.25) is 9.48 Å². The Hall–Kier alpha value is -1.66. The molecule has 0 fully saturated rings. The van der Waals surface area contributed by atoms with Gasteiger partial charge in [0.2, 0.25) is 5.91 Å². The number of likely N-dealkylation sites (N-methyl/N-ethyl adjacent to an activating group) is 1. The van der Waals surface area contributed by atoms with Gasteiger partial charge in [-0.15, -0.1) is 0 Å². The summed E-state index contributed by atoms with van der Waals surface area (Å²) in [5.74, 6) is -0.131. The van der Waals surface area contributed by atoms with E-state index in [-0.39, 0.29) is 5.91 Å². The minimum Gasteiger partial charge on any atom is -0.340 e. The first-order valence-electron chi connectivity index (χ1n) is 6.21. The summed E-state index contributed by atoms with van der Waals surface area (Å²) < 4.78 is 2.62. The maximum Gasteiger partial charge on any atom is 0.244 e. The zero-order valence-corrected chi connectivity index (χ0v) is 13.0. The molecular weight excluding hydrogens is 320 g/mol. The predicted octanol–water partition coefficient (Wildman–Crippen LogP) is 1.84. The molecule has 0 bridgehead atoms. The molecule has 106 valence electrons. The van der Waals surface area contributed by atoms with E-state index in [4.69, 9.17) is 5.73 Å².